The van der Waals surface area contributed by atoms with Crippen molar-refractivity contribution < 1.29 is 4.79 Å². The Kier molecular flexibility index (Phi) is 7.70. The molecule has 4 aromatic rings. The SMILES string of the molecule is Nc1cc(C(CCNC(=O)c2ccccc2)c2ccccc2)c(/N=N/c2ccc(Cl)cc2)c(N)n1. The molecule has 8 heteroatoms. The van der Waals surface area contributed by atoms with E-state index in [0.717, 1.165) is 11.1 Å². The molecule has 0 spiro atoms. The summed E-state index contributed by atoms with van der Waals surface area (Å²) in [5.74, 6) is 0.192. The Balaban J connectivity index is 1.65. The fourth-order valence-electron chi connectivity index (χ4n) is 3.80. The average Bonchev–Trinajstić information content (AvgIpc) is 2.88. The zero-order valence-electron chi connectivity index (χ0n) is 18.9. The van der Waals surface area contributed by atoms with E-state index in [0.29, 0.717) is 34.9 Å². The molecule has 4 rings (SSSR count). The topological polar surface area (TPSA) is 119 Å². The number of aromatic nitrogens is 1. The monoisotopic (exact) mass is 484 g/mol. The number of amides is 1. The zero-order chi connectivity index (χ0) is 24.6. The molecule has 1 atom stereocenters. The van der Waals surface area contributed by atoms with Gasteiger partial charge in [0, 0.05) is 23.0 Å². The third-order valence-electron chi connectivity index (χ3n) is 5.49. The maximum absolute atomic E-state index is 12.6. The van der Waals surface area contributed by atoms with Crippen LogP contribution in [0.1, 0.15) is 33.8 Å². The fourth-order valence-corrected chi connectivity index (χ4v) is 3.92. The lowest BCUT2D eigenvalue weighted by molar-refractivity contribution is 0.0953. The number of hydrogen-bond acceptors (Lipinski definition) is 6. The molecule has 0 saturated carbocycles. The van der Waals surface area contributed by atoms with E-state index in [1.54, 1.807) is 42.5 Å². The number of carbonyl (C=O) groups is 1. The van der Waals surface area contributed by atoms with Crippen molar-refractivity contribution >= 4 is 40.5 Å². The average molecular weight is 485 g/mol. The molecular formula is C27H25ClN6O. The minimum atomic E-state index is -0.154. The van der Waals surface area contributed by atoms with Crippen molar-refractivity contribution in [2.45, 2.75) is 12.3 Å². The molecule has 1 heterocycles. The van der Waals surface area contributed by atoms with Crippen molar-refractivity contribution in [1.29, 1.82) is 0 Å². The van der Waals surface area contributed by atoms with E-state index in [2.05, 4.69) is 20.5 Å². The minimum absolute atomic E-state index is 0.131. The quantitative estimate of drug-likeness (QED) is 0.255. The summed E-state index contributed by atoms with van der Waals surface area (Å²) in [5, 5.41) is 12.4. The van der Waals surface area contributed by atoms with Gasteiger partial charge in [-0.3, -0.25) is 4.79 Å². The van der Waals surface area contributed by atoms with Crippen LogP contribution in [0.3, 0.4) is 0 Å². The van der Waals surface area contributed by atoms with Crippen molar-refractivity contribution in [3.05, 3.63) is 113 Å². The minimum Gasteiger partial charge on any atom is -0.384 e. The third-order valence-corrected chi connectivity index (χ3v) is 5.74. The molecule has 0 fully saturated rings. The summed E-state index contributed by atoms with van der Waals surface area (Å²) >= 11 is 5.97. The summed E-state index contributed by atoms with van der Waals surface area (Å²) in [7, 11) is 0. The van der Waals surface area contributed by atoms with Gasteiger partial charge in [0.15, 0.2) is 5.82 Å². The Morgan fingerprint density at radius 3 is 2.26 bits per heavy atom. The van der Waals surface area contributed by atoms with E-state index in [9.17, 15) is 4.79 Å². The summed E-state index contributed by atoms with van der Waals surface area (Å²) < 4.78 is 0. The van der Waals surface area contributed by atoms with Crippen LogP contribution in [0.25, 0.3) is 0 Å². The Bertz CT molecular complexity index is 1310. The first-order valence-corrected chi connectivity index (χ1v) is 11.5. The number of anilines is 2. The predicted octanol–water partition coefficient (Wildman–Crippen LogP) is 6.27. The van der Waals surface area contributed by atoms with Gasteiger partial charge in [0.2, 0.25) is 0 Å². The van der Waals surface area contributed by atoms with Crippen LogP contribution < -0.4 is 16.8 Å². The second-order valence-corrected chi connectivity index (χ2v) is 8.36. The molecule has 0 aliphatic heterocycles. The van der Waals surface area contributed by atoms with Crippen LogP contribution in [0, 0.1) is 0 Å². The molecule has 0 radical (unpaired) electrons. The standard InChI is InChI=1S/C27H25ClN6O/c28-20-11-13-21(14-12-20)33-34-25-23(17-24(29)32-26(25)30)22(18-7-3-1-4-8-18)15-16-31-27(35)19-9-5-2-6-10-19/h1-14,17,22H,15-16H2,(H,31,35)(H4,29,30,32)/b34-33+. The number of azo groups is 1. The van der Waals surface area contributed by atoms with E-state index in [4.69, 9.17) is 23.1 Å². The molecule has 176 valence electrons. The van der Waals surface area contributed by atoms with Gasteiger partial charge in [-0.25, -0.2) is 4.98 Å². The number of nitrogen functional groups attached to an aromatic ring is 2. The van der Waals surface area contributed by atoms with Gasteiger partial charge in [0.25, 0.3) is 5.91 Å². The van der Waals surface area contributed by atoms with Crippen molar-refractivity contribution in [3.63, 3.8) is 0 Å². The molecule has 0 bridgehead atoms. The molecule has 0 aliphatic rings. The maximum atomic E-state index is 12.6. The molecule has 35 heavy (non-hydrogen) atoms. The Morgan fingerprint density at radius 1 is 0.914 bits per heavy atom. The van der Waals surface area contributed by atoms with Crippen molar-refractivity contribution in [1.82, 2.24) is 10.3 Å². The highest BCUT2D eigenvalue weighted by molar-refractivity contribution is 6.30. The van der Waals surface area contributed by atoms with Crippen LogP contribution in [-0.2, 0) is 0 Å². The van der Waals surface area contributed by atoms with Crippen molar-refractivity contribution in [3.8, 4) is 0 Å². The van der Waals surface area contributed by atoms with Gasteiger partial charge in [-0.1, -0.05) is 60.1 Å². The van der Waals surface area contributed by atoms with Crippen LogP contribution in [0.5, 0.6) is 0 Å². The first-order chi connectivity index (χ1) is 17.0. The number of nitrogens with two attached hydrogens (primary N) is 2. The maximum Gasteiger partial charge on any atom is 0.251 e. The largest absolute Gasteiger partial charge is 0.384 e. The van der Waals surface area contributed by atoms with E-state index >= 15 is 0 Å². The lowest BCUT2D eigenvalue weighted by Crippen LogP contribution is -2.25. The van der Waals surface area contributed by atoms with Crippen LogP contribution in [0.15, 0.2) is 101 Å². The number of nitrogens with one attached hydrogen (secondary N) is 1. The van der Waals surface area contributed by atoms with Gasteiger partial charge in [-0.05, 0) is 60.0 Å². The molecule has 1 amide bonds. The van der Waals surface area contributed by atoms with Gasteiger partial charge >= 0.3 is 0 Å². The van der Waals surface area contributed by atoms with Gasteiger partial charge in [0.1, 0.15) is 11.5 Å². The lowest BCUT2D eigenvalue weighted by atomic mass is 9.87. The van der Waals surface area contributed by atoms with Crippen molar-refractivity contribution in [2.24, 2.45) is 10.2 Å². The number of pyridine rings is 1. The number of rotatable bonds is 8. The lowest BCUT2D eigenvalue weighted by Gasteiger charge is -2.21. The molecule has 1 aromatic heterocycles. The highest BCUT2D eigenvalue weighted by atomic mass is 35.5. The Hall–Kier alpha value is -4.23. The number of nitrogens with zero attached hydrogens (tertiary/aromatic N) is 3. The number of halogens is 1. The highest BCUT2D eigenvalue weighted by Crippen LogP contribution is 2.39. The summed E-state index contributed by atoms with van der Waals surface area (Å²) in [5.41, 5.74) is 15.8. The molecule has 1 unspecified atom stereocenters. The molecular weight excluding hydrogens is 460 g/mol. The molecule has 5 N–H and O–H groups in total. The number of carbonyl (C=O) groups excluding carboxylic acids is 1. The molecule has 3 aromatic carbocycles. The van der Waals surface area contributed by atoms with E-state index in [-0.39, 0.29) is 23.5 Å². The molecule has 7 nitrogen and oxygen atoms in total. The summed E-state index contributed by atoms with van der Waals surface area (Å²) in [6.45, 7) is 0.434. The van der Waals surface area contributed by atoms with E-state index in [1.165, 1.54) is 0 Å². The zero-order valence-corrected chi connectivity index (χ0v) is 19.7. The van der Waals surface area contributed by atoms with Crippen LogP contribution >= 0.6 is 11.6 Å². The fraction of sp³-hybridized carbons (Fsp3) is 0.111. The highest BCUT2D eigenvalue weighted by Gasteiger charge is 2.21. The van der Waals surface area contributed by atoms with Crippen LogP contribution in [-0.4, -0.2) is 17.4 Å². The summed E-state index contributed by atoms with van der Waals surface area (Å²) in [6.07, 6.45) is 0.592. The Labute approximate surface area is 208 Å². The van der Waals surface area contributed by atoms with Crippen LogP contribution in [0.4, 0.5) is 23.0 Å². The predicted molar refractivity (Wildman–Crippen MR) is 140 cm³/mol. The second-order valence-electron chi connectivity index (χ2n) is 7.92. The van der Waals surface area contributed by atoms with Gasteiger partial charge in [-0.2, -0.15) is 5.11 Å². The van der Waals surface area contributed by atoms with Crippen molar-refractivity contribution in [2.75, 3.05) is 18.0 Å². The number of benzene rings is 3. The van der Waals surface area contributed by atoms with Gasteiger partial charge in [0.05, 0.1) is 5.69 Å². The van der Waals surface area contributed by atoms with E-state index in [1.807, 2.05) is 48.5 Å². The molecule has 0 aliphatic carbocycles. The van der Waals surface area contributed by atoms with Gasteiger partial charge < -0.3 is 16.8 Å². The van der Waals surface area contributed by atoms with E-state index < -0.39 is 0 Å². The number of hydrogen-bond donors (Lipinski definition) is 3. The van der Waals surface area contributed by atoms with Gasteiger partial charge in [-0.15, -0.1) is 5.11 Å². The summed E-state index contributed by atoms with van der Waals surface area (Å²) in [4.78, 5) is 16.7. The van der Waals surface area contributed by atoms with Crippen LogP contribution in [0.2, 0.25) is 5.02 Å². The summed E-state index contributed by atoms with van der Waals surface area (Å²) in [6, 6.07) is 27.8. The molecule has 0 saturated heterocycles. The smallest absolute Gasteiger partial charge is 0.251 e. The normalized spacial score (nSPS) is 11.9. The first-order valence-electron chi connectivity index (χ1n) is 11.1. The first kappa shape index (κ1) is 23.9. The third kappa shape index (κ3) is 6.22. The second kappa shape index (κ2) is 11.3. The Morgan fingerprint density at radius 2 is 1.57 bits per heavy atom.